The molecule has 4 nitrogen and oxygen atoms in total. The number of amides is 1. The Morgan fingerprint density at radius 3 is 2.38 bits per heavy atom. The van der Waals surface area contributed by atoms with Crippen LogP contribution in [-0.2, 0) is 4.74 Å². The first-order valence-electron chi connectivity index (χ1n) is 5.96. The average Bonchev–Trinajstić information content (AvgIpc) is 2.49. The maximum absolute atomic E-state index is 12.2. The van der Waals surface area contributed by atoms with Gasteiger partial charge in [-0.15, -0.1) is 0 Å². The standard InChI is InChI=1S/C15H11Cl2NO3/c1-21-15(20)11-7-10(16)8-12(17)13(11)18-14(19)9-5-3-2-4-6-9/h2-8H,1H3,(H,18,19). The number of hydrogen-bond donors (Lipinski definition) is 1. The Morgan fingerprint density at radius 1 is 1.10 bits per heavy atom. The third kappa shape index (κ3) is 3.54. The highest BCUT2D eigenvalue weighted by molar-refractivity contribution is 6.38. The van der Waals surface area contributed by atoms with Crippen molar-refractivity contribution in [2.45, 2.75) is 0 Å². The maximum Gasteiger partial charge on any atom is 0.340 e. The summed E-state index contributed by atoms with van der Waals surface area (Å²) in [5.74, 6) is -1.02. The van der Waals surface area contributed by atoms with Crippen LogP contribution in [0, 0.1) is 0 Å². The molecule has 108 valence electrons. The molecule has 0 heterocycles. The number of rotatable bonds is 3. The lowest BCUT2D eigenvalue weighted by Crippen LogP contribution is -2.16. The predicted octanol–water partition coefficient (Wildman–Crippen LogP) is 4.03. The molecular formula is C15H11Cl2NO3. The Hall–Kier alpha value is -2.04. The fourth-order valence-electron chi connectivity index (χ4n) is 1.75. The lowest BCUT2D eigenvalue weighted by atomic mass is 10.1. The monoisotopic (exact) mass is 323 g/mol. The van der Waals surface area contributed by atoms with Crippen molar-refractivity contribution in [3.63, 3.8) is 0 Å². The van der Waals surface area contributed by atoms with Crippen LogP contribution in [0.15, 0.2) is 42.5 Å². The lowest BCUT2D eigenvalue weighted by molar-refractivity contribution is 0.0602. The zero-order chi connectivity index (χ0) is 15.4. The minimum Gasteiger partial charge on any atom is -0.465 e. The first kappa shape index (κ1) is 15.4. The van der Waals surface area contributed by atoms with Gasteiger partial charge in [0.1, 0.15) is 0 Å². The number of benzene rings is 2. The summed E-state index contributed by atoms with van der Waals surface area (Å²) in [6.45, 7) is 0. The highest BCUT2D eigenvalue weighted by Gasteiger charge is 2.19. The maximum atomic E-state index is 12.2. The molecule has 0 fully saturated rings. The SMILES string of the molecule is COC(=O)c1cc(Cl)cc(Cl)c1NC(=O)c1ccccc1. The summed E-state index contributed by atoms with van der Waals surface area (Å²) in [5.41, 5.74) is 0.709. The summed E-state index contributed by atoms with van der Waals surface area (Å²) in [4.78, 5) is 23.9. The van der Waals surface area contributed by atoms with Crippen LogP contribution in [-0.4, -0.2) is 19.0 Å². The van der Waals surface area contributed by atoms with Gasteiger partial charge in [-0.1, -0.05) is 41.4 Å². The minimum atomic E-state index is -0.636. The smallest absolute Gasteiger partial charge is 0.340 e. The highest BCUT2D eigenvalue weighted by Crippen LogP contribution is 2.31. The van der Waals surface area contributed by atoms with Gasteiger partial charge in [-0.2, -0.15) is 0 Å². The van der Waals surface area contributed by atoms with Gasteiger partial charge in [0.25, 0.3) is 5.91 Å². The number of ether oxygens (including phenoxy) is 1. The average molecular weight is 324 g/mol. The van der Waals surface area contributed by atoms with E-state index in [0.29, 0.717) is 5.56 Å². The van der Waals surface area contributed by atoms with Crippen molar-refractivity contribution in [1.29, 1.82) is 0 Å². The van der Waals surface area contributed by atoms with E-state index in [1.165, 1.54) is 19.2 Å². The Morgan fingerprint density at radius 2 is 1.76 bits per heavy atom. The van der Waals surface area contributed by atoms with Crippen LogP contribution in [0.2, 0.25) is 10.0 Å². The largest absolute Gasteiger partial charge is 0.465 e. The number of carbonyl (C=O) groups excluding carboxylic acids is 2. The first-order valence-corrected chi connectivity index (χ1v) is 6.72. The van der Waals surface area contributed by atoms with Crippen LogP contribution in [0.1, 0.15) is 20.7 Å². The second-order valence-electron chi connectivity index (χ2n) is 4.12. The van der Waals surface area contributed by atoms with Crippen molar-refractivity contribution in [2.75, 3.05) is 12.4 Å². The van der Waals surface area contributed by atoms with Gasteiger partial charge in [0.15, 0.2) is 0 Å². The topological polar surface area (TPSA) is 55.4 Å². The number of methoxy groups -OCH3 is 1. The van der Waals surface area contributed by atoms with Crippen molar-refractivity contribution < 1.29 is 14.3 Å². The number of halogens is 2. The summed E-state index contributed by atoms with van der Waals surface area (Å²) >= 11 is 11.9. The second-order valence-corrected chi connectivity index (χ2v) is 4.97. The minimum absolute atomic E-state index is 0.0966. The molecule has 0 unspecified atom stereocenters. The van der Waals surface area contributed by atoms with Gasteiger partial charge in [0, 0.05) is 10.6 Å². The molecule has 0 aliphatic heterocycles. The molecule has 1 N–H and O–H groups in total. The summed E-state index contributed by atoms with van der Waals surface area (Å²) in [5, 5.41) is 3.04. The lowest BCUT2D eigenvalue weighted by Gasteiger charge is -2.12. The number of carbonyl (C=O) groups is 2. The molecule has 2 rings (SSSR count). The van der Waals surface area contributed by atoms with E-state index in [0.717, 1.165) is 0 Å². The zero-order valence-electron chi connectivity index (χ0n) is 11.0. The molecule has 0 saturated carbocycles. The van der Waals surface area contributed by atoms with Crippen LogP contribution in [0.4, 0.5) is 5.69 Å². The summed E-state index contributed by atoms with van der Waals surface area (Å²) < 4.78 is 4.67. The van der Waals surface area contributed by atoms with E-state index in [4.69, 9.17) is 23.2 Å². The molecule has 2 aromatic rings. The van der Waals surface area contributed by atoms with Gasteiger partial charge in [-0.25, -0.2) is 4.79 Å². The Balaban J connectivity index is 2.40. The fraction of sp³-hybridized carbons (Fsp3) is 0.0667. The molecule has 0 spiro atoms. The van der Waals surface area contributed by atoms with Crippen LogP contribution < -0.4 is 5.32 Å². The highest BCUT2D eigenvalue weighted by atomic mass is 35.5. The molecule has 0 atom stereocenters. The molecule has 0 bridgehead atoms. The van der Waals surface area contributed by atoms with E-state index < -0.39 is 5.97 Å². The van der Waals surface area contributed by atoms with Crippen LogP contribution >= 0.6 is 23.2 Å². The Kier molecular flexibility index (Phi) is 4.83. The van der Waals surface area contributed by atoms with Crippen LogP contribution in [0.25, 0.3) is 0 Å². The van der Waals surface area contributed by atoms with Gasteiger partial charge in [-0.05, 0) is 24.3 Å². The van der Waals surface area contributed by atoms with Crippen molar-refractivity contribution in [2.24, 2.45) is 0 Å². The first-order chi connectivity index (χ1) is 10.0. The van der Waals surface area contributed by atoms with Crippen molar-refractivity contribution in [3.8, 4) is 0 Å². The Labute approximate surface area is 131 Å². The predicted molar refractivity (Wildman–Crippen MR) is 82.2 cm³/mol. The normalized spacial score (nSPS) is 10.0. The Bertz CT molecular complexity index is 687. The molecule has 0 saturated heterocycles. The fourth-order valence-corrected chi connectivity index (χ4v) is 2.29. The third-order valence-corrected chi connectivity index (χ3v) is 3.25. The summed E-state index contributed by atoms with van der Waals surface area (Å²) in [6, 6.07) is 11.4. The molecule has 0 radical (unpaired) electrons. The molecule has 0 aromatic heterocycles. The van der Waals surface area contributed by atoms with Gasteiger partial charge in [0.05, 0.1) is 23.4 Å². The molecule has 0 aliphatic rings. The number of esters is 1. The van der Waals surface area contributed by atoms with Gasteiger partial charge in [-0.3, -0.25) is 4.79 Å². The quantitative estimate of drug-likeness (QED) is 0.867. The molecule has 0 aliphatic carbocycles. The van der Waals surface area contributed by atoms with E-state index in [-0.39, 0.29) is 27.2 Å². The zero-order valence-corrected chi connectivity index (χ0v) is 12.5. The van der Waals surface area contributed by atoms with E-state index in [9.17, 15) is 9.59 Å². The molecule has 1 amide bonds. The third-order valence-electron chi connectivity index (χ3n) is 2.73. The van der Waals surface area contributed by atoms with E-state index in [1.807, 2.05) is 0 Å². The van der Waals surface area contributed by atoms with Crippen molar-refractivity contribution in [1.82, 2.24) is 0 Å². The van der Waals surface area contributed by atoms with Crippen LogP contribution in [0.5, 0.6) is 0 Å². The van der Waals surface area contributed by atoms with E-state index in [2.05, 4.69) is 10.1 Å². The van der Waals surface area contributed by atoms with Gasteiger partial charge >= 0.3 is 5.97 Å². The summed E-state index contributed by atoms with van der Waals surface area (Å²) in [6.07, 6.45) is 0. The number of anilines is 1. The summed E-state index contributed by atoms with van der Waals surface area (Å²) in [7, 11) is 1.24. The number of nitrogens with one attached hydrogen (secondary N) is 1. The molecule has 6 heteroatoms. The second kappa shape index (κ2) is 6.61. The van der Waals surface area contributed by atoms with E-state index >= 15 is 0 Å². The molecular weight excluding hydrogens is 313 g/mol. The van der Waals surface area contributed by atoms with Crippen LogP contribution in [0.3, 0.4) is 0 Å². The number of hydrogen-bond acceptors (Lipinski definition) is 3. The molecule has 2 aromatic carbocycles. The van der Waals surface area contributed by atoms with Gasteiger partial charge in [0.2, 0.25) is 0 Å². The molecule has 21 heavy (non-hydrogen) atoms. The van der Waals surface area contributed by atoms with Crippen molar-refractivity contribution in [3.05, 3.63) is 63.6 Å². The van der Waals surface area contributed by atoms with Crippen molar-refractivity contribution >= 4 is 40.8 Å². The van der Waals surface area contributed by atoms with E-state index in [1.54, 1.807) is 30.3 Å². The van der Waals surface area contributed by atoms with Gasteiger partial charge < -0.3 is 10.1 Å².